The van der Waals surface area contributed by atoms with Gasteiger partial charge < -0.3 is 0 Å². The summed E-state index contributed by atoms with van der Waals surface area (Å²) in [5.74, 6) is 1.32. The quantitative estimate of drug-likeness (QED) is 0.601. The Morgan fingerprint density at radius 3 is 2.25 bits per heavy atom. The smallest absolute Gasteiger partial charge is 0.166 e. The van der Waals surface area contributed by atoms with Crippen LogP contribution >= 0.6 is 0 Å². The van der Waals surface area contributed by atoms with E-state index in [-0.39, 0.29) is 0 Å². The molecule has 0 nitrogen and oxygen atoms in total. The molecule has 0 heterocycles. The van der Waals surface area contributed by atoms with E-state index in [1.807, 2.05) is 6.92 Å². The number of halogens is 3. The Morgan fingerprint density at radius 2 is 1.75 bits per heavy atom. The Morgan fingerprint density at radius 1 is 1.15 bits per heavy atom. The van der Waals surface area contributed by atoms with Crippen molar-refractivity contribution in [3.63, 3.8) is 0 Å². The van der Waals surface area contributed by atoms with Crippen molar-refractivity contribution in [3.05, 3.63) is 47.5 Å². The molecule has 0 N–H and O–H groups in total. The third-order valence-electron chi connectivity index (χ3n) is 4.41. The van der Waals surface area contributed by atoms with Crippen LogP contribution in [0, 0.1) is 11.8 Å². The summed E-state index contributed by atoms with van der Waals surface area (Å²) < 4.78 is 37.8. The van der Waals surface area contributed by atoms with Gasteiger partial charge in [0.2, 0.25) is 0 Å². The molecule has 110 valence electrons. The number of hydrogen-bond donors (Lipinski definition) is 0. The molecule has 3 atom stereocenters. The minimum Gasteiger partial charge on any atom is -0.166 e. The first-order valence-corrected chi connectivity index (χ1v) is 7.11. The third-order valence-corrected chi connectivity index (χ3v) is 4.41. The molecule has 1 aliphatic rings. The number of benzene rings is 1. The predicted molar refractivity (Wildman–Crippen MR) is 75.5 cm³/mol. The summed E-state index contributed by atoms with van der Waals surface area (Å²) in [6.45, 7) is 8.30. The second-order valence-electron chi connectivity index (χ2n) is 6.10. The lowest BCUT2D eigenvalue weighted by Gasteiger charge is -2.36. The van der Waals surface area contributed by atoms with Crippen LogP contribution in [0.2, 0.25) is 0 Å². The molecule has 0 saturated heterocycles. The van der Waals surface area contributed by atoms with Crippen LogP contribution in [0.15, 0.2) is 36.4 Å². The van der Waals surface area contributed by atoms with E-state index < -0.39 is 11.7 Å². The van der Waals surface area contributed by atoms with Gasteiger partial charge in [0, 0.05) is 0 Å². The molecular weight excluding hydrogens is 261 g/mol. The van der Waals surface area contributed by atoms with E-state index in [1.54, 1.807) is 12.1 Å². The van der Waals surface area contributed by atoms with E-state index >= 15 is 0 Å². The molecule has 3 heteroatoms. The Labute approximate surface area is 118 Å². The molecule has 0 aromatic heterocycles. The van der Waals surface area contributed by atoms with Crippen molar-refractivity contribution in [2.45, 2.75) is 45.2 Å². The van der Waals surface area contributed by atoms with Gasteiger partial charge in [-0.25, -0.2) is 0 Å². The van der Waals surface area contributed by atoms with Crippen LogP contribution in [0.5, 0.6) is 0 Å². The predicted octanol–water partition coefficient (Wildman–Crippen LogP) is 5.80. The summed E-state index contributed by atoms with van der Waals surface area (Å²) in [5, 5.41) is 0. The number of allylic oxidation sites excluding steroid dienone is 1. The highest BCUT2D eigenvalue weighted by Gasteiger charge is 2.32. The van der Waals surface area contributed by atoms with Crippen LogP contribution in [0.4, 0.5) is 13.2 Å². The molecule has 1 aromatic carbocycles. The fourth-order valence-corrected chi connectivity index (χ4v) is 3.26. The van der Waals surface area contributed by atoms with Gasteiger partial charge >= 0.3 is 6.18 Å². The van der Waals surface area contributed by atoms with E-state index in [9.17, 15) is 13.2 Å². The summed E-state index contributed by atoms with van der Waals surface area (Å²) in [4.78, 5) is 0. The van der Waals surface area contributed by atoms with Gasteiger partial charge in [0.05, 0.1) is 5.56 Å². The topological polar surface area (TPSA) is 0 Å². The van der Waals surface area contributed by atoms with Crippen LogP contribution < -0.4 is 0 Å². The van der Waals surface area contributed by atoms with E-state index in [0.717, 1.165) is 24.0 Å². The van der Waals surface area contributed by atoms with Gasteiger partial charge in [-0.05, 0) is 55.2 Å². The molecule has 0 amide bonds. The lowest BCUT2D eigenvalue weighted by molar-refractivity contribution is -0.137. The van der Waals surface area contributed by atoms with E-state index in [0.29, 0.717) is 17.8 Å². The van der Waals surface area contributed by atoms with Gasteiger partial charge in [-0.1, -0.05) is 37.6 Å². The Hall–Kier alpha value is -1.25. The van der Waals surface area contributed by atoms with E-state index in [1.165, 1.54) is 18.6 Å². The largest absolute Gasteiger partial charge is 0.416 e. The average molecular weight is 282 g/mol. The molecule has 0 unspecified atom stereocenters. The molecule has 0 aliphatic heterocycles. The number of rotatable bonds is 2. The molecule has 1 aromatic rings. The van der Waals surface area contributed by atoms with E-state index in [4.69, 9.17) is 0 Å². The van der Waals surface area contributed by atoms with E-state index in [2.05, 4.69) is 13.5 Å². The number of hydrogen-bond acceptors (Lipinski definition) is 0. The molecule has 1 saturated carbocycles. The first-order chi connectivity index (χ1) is 9.29. The summed E-state index contributed by atoms with van der Waals surface area (Å²) in [6, 6.07) is 5.68. The van der Waals surface area contributed by atoms with Gasteiger partial charge in [0.1, 0.15) is 0 Å². The molecular formula is C17H21F3. The molecule has 0 spiro atoms. The summed E-state index contributed by atoms with van der Waals surface area (Å²) in [5.41, 5.74) is 1.58. The van der Waals surface area contributed by atoms with Crippen molar-refractivity contribution in [2.75, 3.05) is 0 Å². The van der Waals surface area contributed by atoms with Crippen molar-refractivity contribution >= 4 is 0 Å². The SMILES string of the molecule is C=C(C)[C@@H]1CC[C@@H](C)C[C@H]1c1ccc(C(F)(F)F)cc1. The highest BCUT2D eigenvalue weighted by Crippen LogP contribution is 2.43. The highest BCUT2D eigenvalue weighted by atomic mass is 19.4. The maximum Gasteiger partial charge on any atom is 0.416 e. The van der Waals surface area contributed by atoms with Crippen LogP contribution in [-0.2, 0) is 6.18 Å². The maximum absolute atomic E-state index is 12.6. The molecule has 0 bridgehead atoms. The van der Waals surface area contributed by atoms with Crippen molar-refractivity contribution in [2.24, 2.45) is 11.8 Å². The molecule has 1 aliphatic carbocycles. The standard InChI is InChI=1S/C17H21F3/c1-11(2)15-9-4-12(3)10-16(15)13-5-7-14(8-6-13)17(18,19)20/h5-8,12,15-16H,1,4,9-10H2,2-3H3/t12-,15+,16+/m1/s1. The Bertz CT molecular complexity index is 470. The summed E-state index contributed by atoms with van der Waals surface area (Å²) >= 11 is 0. The van der Waals surface area contributed by atoms with Crippen molar-refractivity contribution in [1.82, 2.24) is 0 Å². The van der Waals surface area contributed by atoms with Crippen molar-refractivity contribution < 1.29 is 13.2 Å². The summed E-state index contributed by atoms with van der Waals surface area (Å²) in [7, 11) is 0. The zero-order valence-electron chi connectivity index (χ0n) is 12.0. The Kier molecular flexibility index (Phi) is 4.26. The average Bonchev–Trinajstić information content (AvgIpc) is 2.37. The second-order valence-corrected chi connectivity index (χ2v) is 6.10. The molecule has 2 rings (SSSR count). The zero-order chi connectivity index (χ0) is 14.9. The van der Waals surface area contributed by atoms with Gasteiger partial charge in [-0.3, -0.25) is 0 Å². The molecule has 1 fully saturated rings. The zero-order valence-corrected chi connectivity index (χ0v) is 12.0. The normalized spacial score (nSPS) is 27.4. The van der Waals surface area contributed by atoms with Crippen LogP contribution in [0.25, 0.3) is 0 Å². The van der Waals surface area contributed by atoms with Gasteiger partial charge in [-0.2, -0.15) is 13.2 Å². The lowest BCUT2D eigenvalue weighted by atomic mass is 9.69. The van der Waals surface area contributed by atoms with Crippen molar-refractivity contribution in [1.29, 1.82) is 0 Å². The summed E-state index contributed by atoms with van der Waals surface area (Å²) in [6.07, 6.45) is -0.966. The fourth-order valence-electron chi connectivity index (χ4n) is 3.26. The maximum atomic E-state index is 12.6. The highest BCUT2D eigenvalue weighted by molar-refractivity contribution is 5.29. The minimum atomic E-state index is -4.26. The Balaban J connectivity index is 2.26. The van der Waals surface area contributed by atoms with Crippen molar-refractivity contribution in [3.8, 4) is 0 Å². The van der Waals surface area contributed by atoms with Crippen LogP contribution in [-0.4, -0.2) is 0 Å². The first-order valence-electron chi connectivity index (χ1n) is 7.11. The second kappa shape index (κ2) is 5.63. The molecule has 0 radical (unpaired) electrons. The number of alkyl halides is 3. The lowest BCUT2D eigenvalue weighted by Crippen LogP contribution is -2.23. The van der Waals surface area contributed by atoms with Gasteiger partial charge in [0.15, 0.2) is 0 Å². The fraction of sp³-hybridized carbons (Fsp3) is 0.529. The monoisotopic (exact) mass is 282 g/mol. The van der Waals surface area contributed by atoms with Crippen LogP contribution in [0.1, 0.15) is 50.2 Å². The molecule has 20 heavy (non-hydrogen) atoms. The minimum absolute atomic E-state index is 0.304. The van der Waals surface area contributed by atoms with Gasteiger partial charge in [0.25, 0.3) is 0 Å². The third kappa shape index (κ3) is 3.25. The van der Waals surface area contributed by atoms with Gasteiger partial charge in [-0.15, -0.1) is 0 Å². The first kappa shape index (κ1) is 15.1. The van der Waals surface area contributed by atoms with Crippen LogP contribution in [0.3, 0.4) is 0 Å².